The van der Waals surface area contributed by atoms with Crippen molar-refractivity contribution in [1.29, 1.82) is 0 Å². The molecule has 0 aromatic heterocycles. The minimum Gasteiger partial charge on any atom is -0.497 e. The molecule has 2 aromatic carbocycles. The van der Waals surface area contributed by atoms with Crippen LogP contribution in [-0.2, 0) is 16.6 Å². The summed E-state index contributed by atoms with van der Waals surface area (Å²) in [6, 6.07) is 16.8. The fraction of sp³-hybridized carbons (Fsp3) is 0.350. The molecule has 0 aliphatic rings. The molecule has 0 fully saturated rings. The van der Waals surface area contributed by atoms with Gasteiger partial charge in [0.15, 0.2) is 5.60 Å². The van der Waals surface area contributed by atoms with Crippen LogP contribution >= 0.6 is 0 Å². The summed E-state index contributed by atoms with van der Waals surface area (Å²) in [7, 11) is 1.56. The quantitative estimate of drug-likeness (QED) is 0.817. The Labute approximate surface area is 142 Å². The van der Waals surface area contributed by atoms with E-state index in [1.807, 2.05) is 44.2 Å². The molecule has 0 bridgehead atoms. The molecule has 0 amide bonds. The van der Waals surface area contributed by atoms with Crippen molar-refractivity contribution in [1.82, 2.24) is 0 Å². The second kappa shape index (κ2) is 7.05. The lowest BCUT2D eigenvalue weighted by molar-refractivity contribution is -0.160. The second-order valence-corrected chi connectivity index (χ2v) is 6.79. The molecule has 2 rings (SSSR count). The highest BCUT2D eigenvalue weighted by Gasteiger charge is 2.42. The minimum absolute atomic E-state index is 0.0236. The normalized spacial score (nSPS) is 14.0. The average molecular weight is 328 g/mol. The molecule has 24 heavy (non-hydrogen) atoms. The third-order valence-electron chi connectivity index (χ3n) is 4.32. The van der Waals surface area contributed by atoms with Crippen LogP contribution in [0.5, 0.6) is 5.75 Å². The van der Waals surface area contributed by atoms with Crippen molar-refractivity contribution in [2.75, 3.05) is 7.11 Å². The Bertz CT molecular complexity index is 694. The zero-order valence-corrected chi connectivity index (χ0v) is 14.3. The summed E-state index contributed by atoms with van der Waals surface area (Å²) < 4.78 is 5.17. The lowest BCUT2D eigenvalue weighted by Gasteiger charge is -2.34. The standard InChI is InChI=1S/C20H24O4/c1-19(2,16-9-5-4-6-10-16)14-20(23,18(21)22)13-15-8-7-11-17(12-15)24-3/h4-12,23H,13-14H2,1-3H3,(H,21,22). The van der Waals surface area contributed by atoms with Crippen molar-refractivity contribution >= 4 is 5.97 Å². The van der Waals surface area contributed by atoms with Crippen molar-refractivity contribution in [3.8, 4) is 5.75 Å². The Hall–Kier alpha value is -2.33. The highest BCUT2D eigenvalue weighted by atomic mass is 16.5. The first kappa shape index (κ1) is 18.0. The van der Waals surface area contributed by atoms with Gasteiger partial charge in [-0.25, -0.2) is 4.79 Å². The predicted molar refractivity (Wildman–Crippen MR) is 93.4 cm³/mol. The number of benzene rings is 2. The van der Waals surface area contributed by atoms with Crippen LogP contribution in [0.25, 0.3) is 0 Å². The smallest absolute Gasteiger partial charge is 0.336 e. The van der Waals surface area contributed by atoms with Gasteiger partial charge in [0.2, 0.25) is 0 Å². The molecular formula is C20H24O4. The SMILES string of the molecule is COc1cccc(CC(O)(CC(C)(C)c2ccccc2)C(=O)O)c1. The molecule has 1 unspecified atom stereocenters. The highest BCUT2D eigenvalue weighted by Crippen LogP contribution is 2.34. The van der Waals surface area contributed by atoms with Gasteiger partial charge in [-0.1, -0.05) is 56.3 Å². The fourth-order valence-corrected chi connectivity index (χ4v) is 3.06. The summed E-state index contributed by atoms with van der Waals surface area (Å²) in [6.07, 6.45) is 0.131. The molecule has 0 saturated carbocycles. The summed E-state index contributed by atoms with van der Waals surface area (Å²) in [4.78, 5) is 11.8. The van der Waals surface area contributed by atoms with E-state index in [1.165, 1.54) is 0 Å². The number of methoxy groups -OCH3 is 1. The van der Waals surface area contributed by atoms with Gasteiger partial charge in [-0.3, -0.25) is 0 Å². The third-order valence-corrected chi connectivity index (χ3v) is 4.32. The first-order valence-corrected chi connectivity index (χ1v) is 7.91. The number of ether oxygens (including phenoxy) is 1. The first-order chi connectivity index (χ1) is 11.3. The van der Waals surface area contributed by atoms with Crippen LogP contribution in [0.3, 0.4) is 0 Å². The summed E-state index contributed by atoms with van der Waals surface area (Å²) >= 11 is 0. The molecule has 0 saturated heterocycles. The van der Waals surface area contributed by atoms with Crippen LogP contribution in [0.15, 0.2) is 54.6 Å². The van der Waals surface area contributed by atoms with Gasteiger partial charge in [0.25, 0.3) is 0 Å². The van der Waals surface area contributed by atoms with E-state index in [4.69, 9.17) is 4.74 Å². The van der Waals surface area contributed by atoms with E-state index >= 15 is 0 Å². The Kier molecular flexibility index (Phi) is 5.30. The van der Waals surface area contributed by atoms with Crippen LogP contribution < -0.4 is 4.74 Å². The lowest BCUT2D eigenvalue weighted by Crippen LogP contribution is -2.45. The third kappa shape index (κ3) is 4.15. The number of carbonyl (C=O) groups is 1. The summed E-state index contributed by atoms with van der Waals surface area (Å²) in [5.41, 5.74) is -0.614. The molecule has 0 aliphatic heterocycles. The molecule has 2 N–H and O–H groups in total. The van der Waals surface area contributed by atoms with Crippen molar-refractivity contribution < 1.29 is 19.7 Å². The van der Waals surface area contributed by atoms with Crippen molar-refractivity contribution in [3.05, 3.63) is 65.7 Å². The average Bonchev–Trinajstić information content (AvgIpc) is 2.55. The van der Waals surface area contributed by atoms with Crippen LogP contribution in [0.1, 0.15) is 31.4 Å². The number of rotatable bonds is 7. The molecule has 0 radical (unpaired) electrons. The molecule has 1 atom stereocenters. The Morgan fingerprint density at radius 1 is 1.08 bits per heavy atom. The van der Waals surface area contributed by atoms with Gasteiger partial charge in [0, 0.05) is 6.42 Å². The summed E-state index contributed by atoms with van der Waals surface area (Å²) in [5.74, 6) is -0.572. The maximum absolute atomic E-state index is 11.8. The number of carboxylic acids is 1. The van der Waals surface area contributed by atoms with E-state index in [1.54, 1.807) is 31.4 Å². The van der Waals surface area contributed by atoms with Gasteiger partial charge in [-0.05, 0) is 35.1 Å². The van der Waals surface area contributed by atoms with Crippen molar-refractivity contribution in [3.63, 3.8) is 0 Å². The molecule has 2 aromatic rings. The second-order valence-electron chi connectivity index (χ2n) is 6.79. The zero-order chi connectivity index (χ0) is 17.8. The van der Waals surface area contributed by atoms with E-state index in [2.05, 4.69) is 0 Å². The van der Waals surface area contributed by atoms with E-state index in [0.29, 0.717) is 5.75 Å². The van der Waals surface area contributed by atoms with Crippen LogP contribution in [0.2, 0.25) is 0 Å². The number of aliphatic hydroxyl groups is 1. The molecule has 4 nitrogen and oxygen atoms in total. The molecular weight excluding hydrogens is 304 g/mol. The van der Waals surface area contributed by atoms with Gasteiger partial charge < -0.3 is 14.9 Å². The Morgan fingerprint density at radius 2 is 1.75 bits per heavy atom. The van der Waals surface area contributed by atoms with Gasteiger partial charge >= 0.3 is 5.97 Å². The number of carboxylic acid groups (broad SMARTS) is 1. The van der Waals surface area contributed by atoms with Crippen molar-refractivity contribution in [2.24, 2.45) is 0 Å². The van der Waals surface area contributed by atoms with Gasteiger partial charge in [0.1, 0.15) is 5.75 Å². The van der Waals surface area contributed by atoms with Crippen LogP contribution in [-0.4, -0.2) is 28.9 Å². The Balaban J connectivity index is 2.28. The van der Waals surface area contributed by atoms with Crippen molar-refractivity contribution in [2.45, 2.75) is 37.7 Å². The summed E-state index contributed by atoms with van der Waals surface area (Å²) in [6.45, 7) is 3.89. The van der Waals surface area contributed by atoms with Crippen LogP contribution in [0.4, 0.5) is 0 Å². The van der Waals surface area contributed by atoms with Gasteiger partial charge in [-0.15, -0.1) is 0 Å². The molecule has 0 spiro atoms. The first-order valence-electron chi connectivity index (χ1n) is 7.91. The number of hydrogen-bond acceptors (Lipinski definition) is 3. The fourth-order valence-electron chi connectivity index (χ4n) is 3.06. The Morgan fingerprint density at radius 3 is 2.33 bits per heavy atom. The molecule has 4 heteroatoms. The van der Waals surface area contributed by atoms with Gasteiger partial charge in [0.05, 0.1) is 7.11 Å². The van der Waals surface area contributed by atoms with E-state index in [-0.39, 0.29) is 12.8 Å². The van der Waals surface area contributed by atoms with E-state index < -0.39 is 17.0 Å². The molecule has 0 heterocycles. The highest BCUT2D eigenvalue weighted by molar-refractivity contribution is 5.78. The minimum atomic E-state index is -1.86. The van der Waals surface area contributed by atoms with Gasteiger partial charge in [-0.2, -0.15) is 0 Å². The molecule has 0 aliphatic carbocycles. The summed E-state index contributed by atoms with van der Waals surface area (Å²) in [5, 5.41) is 20.5. The van der Waals surface area contributed by atoms with E-state index in [0.717, 1.165) is 11.1 Å². The zero-order valence-electron chi connectivity index (χ0n) is 14.3. The van der Waals surface area contributed by atoms with E-state index in [9.17, 15) is 15.0 Å². The number of aliphatic carboxylic acids is 1. The maximum Gasteiger partial charge on any atom is 0.336 e. The lowest BCUT2D eigenvalue weighted by atomic mass is 9.73. The number of hydrogen-bond donors (Lipinski definition) is 2. The predicted octanol–water partition coefficient (Wildman–Crippen LogP) is 3.42. The largest absolute Gasteiger partial charge is 0.497 e. The monoisotopic (exact) mass is 328 g/mol. The van der Waals surface area contributed by atoms with Crippen LogP contribution in [0, 0.1) is 0 Å². The topological polar surface area (TPSA) is 66.8 Å². The molecule has 128 valence electrons. The maximum atomic E-state index is 11.8.